The Balaban J connectivity index is 1.26. The highest BCUT2D eigenvalue weighted by Crippen LogP contribution is 2.26. The zero-order valence-electron chi connectivity index (χ0n) is 37.9. The number of carbonyl (C=O) groups excluding carboxylic acids is 8. The van der Waals surface area contributed by atoms with Crippen LogP contribution in [0.5, 0.6) is 0 Å². The second-order valence-corrected chi connectivity index (χ2v) is 19.4. The zero-order valence-corrected chi connectivity index (χ0v) is 39.6. The quantitative estimate of drug-likeness (QED) is 0.0268. The molecule has 22 nitrogen and oxygen atoms in total. The van der Waals surface area contributed by atoms with E-state index in [1.54, 1.807) is 12.3 Å². The van der Waals surface area contributed by atoms with E-state index in [2.05, 4.69) is 51.8 Å². The number of nitrogens with two attached hydrogens (primary N) is 3. The van der Waals surface area contributed by atoms with Crippen molar-refractivity contribution in [2.45, 2.75) is 81.3 Å². The highest BCUT2D eigenvalue weighted by Gasteiger charge is 2.44. The predicted molar refractivity (Wildman–Crippen MR) is 264 cm³/mol. The van der Waals surface area contributed by atoms with E-state index in [1.165, 1.54) is 19.4 Å². The van der Waals surface area contributed by atoms with Gasteiger partial charge in [0.15, 0.2) is 5.96 Å². The average Bonchev–Trinajstić information content (AvgIpc) is 4.08. The average molecular weight is 995 g/mol. The number of benzene rings is 3. The van der Waals surface area contributed by atoms with Crippen molar-refractivity contribution in [3.63, 3.8) is 0 Å². The number of para-hydroxylation sites is 1. The summed E-state index contributed by atoms with van der Waals surface area (Å²) < 4.78 is 0. The topological polar surface area (TPSA) is 347 Å². The second kappa shape index (κ2) is 23.1. The van der Waals surface area contributed by atoms with Crippen LogP contribution in [0.25, 0.3) is 21.7 Å². The van der Waals surface area contributed by atoms with Crippen molar-refractivity contribution < 1.29 is 38.4 Å². The Labute approximate surface area is 409 Å². The minimum atomic E-state index is -1.39. The number of urea groups is 1. The molecular formula is C46H54N14O8S2. The van der Waals surface area contributed by atoms with Gasteiger partial charge < -0.3 is 59.1 Å². The van der Waals surface area contributed by atoms with E-state index in [0.29, 0.717) is 16.8 Å². The van der Waals surface area contributed by atoms with Gasteiger partial charge in [0, 0.05) is 66.3 Å². The molecule has 2 aliphatic heterocycles. The molecule has 2 aromatic heterocycles. The van der Waals surface area contributed by atoms with E-state index in [-0.39, 0.29) is 56.1 Å². The molecule has 0 radical (unpaired) electrons. The molecule has 4 heterocycles. The summed E-state index contributed by atoms with van der Waals surface area (Å²) >= 11 is 0. The van der Waals surface area contributed by atoms with Crippen molar-refractivity contribution in [2.24, 2.45) is 22.2 Å². The van der Waals surface area contributed by atoms with Crippen LogP contribution in [0.15, 0.2) is 90.4 Å². The first kappa shape index (κ1) is 50.3. The number of hydrogen-bond donors (Lipinski definition) is 11. The van der Waals surface area contributed by atoms with Crippen LogP contribution < -0.4 is 49.1 Å². The summed E-state index contributed by atoms with van der Waals surface area (Å²) in [6, 6.07) is 10.4. The van der Waals surface area contributed by atoms with E-state index >= 15 is 0 Å². The normalized spacial score (nSPS) is 23.4. The van der Waals surface area contributed by atoms with Gasteiger partial charge in [0.05, 0.1) is 6.33 Å². The molecule has 14 N–H and O–H groups in total. The van der Waals surface area contributed by atoms with E-state index < -0.39 is 89.7 Å². The lowest BCUT2D eigenvalue weighted by Crippen LogP contribution is -2.60. The Bertz CT molecular complexity index is 2780. The molecule has 24 heteroatoms. The van der Waals surface area contributed by atoms with Crippen LogP contribution >= 0.6 is 21.6 Å². The number of imidazole rings is 1. The van der Waals surface area contributed by atoms with Gasteiger partial charge in [-0.05, 0) is 47.7 Å². The third kappa shape index (κ3) is 12.7. The maximum Gasteiger partial charge on any atom is 0.325 e. The summed E-state index contributed by atoms with van der Waals surface area (Å²) in [5, 5.41) is 18.8. The van der Waals surface area contributed by atoms with Gasteiger partial charge in [-0.3, -0.25) is 43.5 Å². The van der Waals surface area contributed by atoms with E-state index in [0.717, 1.165) is 48.2 Å². The molecule has 0 saturated carbocycles. The number of carbonyl (C=O) groups is 8. The first-order chi connectivity index (χ1) is 33.6. The van der Waals surface area contributed by atoms with Crippen molar-refractivity contribution >= 4 is 96.6 Å². The van der Waals surface area contributed by atoms with Crippen LogP contribution in [0.2, 0.25) is 0 Å². The Morgan fingerprint density at radius 2 is 1.36 bits per heavy atom. The molecule has 368 valence electrons. The number of aliphatic imine (C=N–C) groups is 1. The third-order valence-electron chi connectivity index (χ3n) is 11.8. The van der Waals surface area contributed by atoms with Gasteiger partial charge in [-0.15, -0.1) is 0 Å². The first-order valence-electron chi connectivity index (χ1n) is 22.4. The largest absolute Gasteiger partial charge is 0.370 e. The Morgan fingerprint density at radius 3 is 2.09 bits per heavy atom. The number of hydrogen-bond acceptors (Lipinski definition) is 12. The van der Waals surface area contributed by atoms with Gasteiger partial charge in [-0.2, -0.15) is 0 Å². The van der Waals surface area contributed by atoms with Crippen LogP contribution in [0.1, 0.15) is 36.6 Å². The molecule has 2 fully saturated rings. The molecule has 0 spiro atoms. The number of aromatic amines is 2. The van der Waals surface area contributed by atoms with Crippen LogP contribution in [-0.4, -0.2) is 134 Å². The fraction of sp³-hybridized carbons (Fsp3) is 0.348. The van der Waals surface area contributed by atoms with Gasteiger partial charge >= 0.3 is 6.03 Å². The van der Waals surface area contributed by atoms with Crippen LogP contribution in [0, 0.1) is 0 Å². The van der Waals surface area contributed by atoms with Gasteiger partial charge in [0.25, 0.3) is 5.91 Å². The lowest BCUT2D eigenvalue weighted by molar-refractivity contribution is -0.137. The van der Waals surface area contributed by atoms with Crippen molar-refractivity contribution in [1.82, 2.24) is 51.8 Å². The highest BCUT2D eigenvalue weighted by molar-refractivity contribution is 8.76. The highest BCUT2D eigenvalue weighted by atomic mass is 33.1. The molecule has 0 aliphatic carbocycles. The number of nitrogens with one attached hydrogen (secondary N) is 8. The predicted octanol–water partition coefficient (Wildman–Crippen LogP) is -0.261. The van der Waals surface area contributed by atoms with E-state index in [1.807, 2.05) is 60.7 Å². The molecule has 5 aromatic rings. The Morgan fingerprint density at radius 1 is 0.714 bits per heavy atom. The third-order valence-corrected chi connectivity index (χ3v) is 14.3. The standard InChI is InChI=1S/C46H54N14O8S2/c1-24-39(62)55-35(18-29-20-50-23-53-29)43(66)56-33(16-25-12-13-26-7-2-3-8-27(26)15-25)41(64)54-32(11-6-14-51-45(48)49)40(63)57-34(17-28-19-52-31-10-5-4-9-30(28)31)42(65)58-36(38(47)61)21-69-70-22-37-44(67)60(24)46(68)59-37/h2-5,7-10,12-13,15,19-20,23-24,32-37,52H,6,11,14,16-18,21-22H2,1H3,(H2,47,61)(H,50,53)(H,54,64)(H,55,62)(H,56,66)(H,57,63)(H,58,65)(H,59,68)(H4,48,49,51). The van der Waals surface area contributed by atoms with Crippen molar-refractivity contribution in [3.8, 4) is 0 Å². The van der Waals surface area contributed by atoms with Crippen LogP contribution in [0.4, 0.5) is 4.79 Å². The maximum atomic E-state index is 14.8. The number of fused-ring (bicyclic) bond motifs is 4. The number of H-pyrrole nitrogens is 2. The van der Waals surface area contributed by atoms with Crippen LogP contribution in [0.3, 0.4) is 0 Å². The van der Waals surface area contributed by atoms with Crippen molar-refractivity contribution in [2.75, 3.05) is 18.1 Å². The van der Waals surface area contributed by atoms with Gasteiger partial charge in [0.1, 0.15) is 42.3 Å². The smallest absolute Gasteiger partial charge is 0.325 e. The fourth-order valence-corrected chi connectivity index (χ4v) is 10.4. The van der Waals surface area contributed by atoms with E-state index in [4.69, 9.17) is 17.2 Å². The van der Waals surface area contributed by atoms with Gasteiger partial charge in [0.2, 0.25) is 35.4 Å². The Hall–Kier alpha value is -7.60. The summed E-state index contributed by atoms with van der Waals surface area (Å²) in [5.41, 5.74) is 19.5. The summed E-state index contributed by atoms with van der Waals surface area (Å²) in [5.74, 6) is -5.83. The van der Waals surface area contributed by atoms with Gasteiger partial charge in [-0.1, -0.05) is 82.3 Å². The first-order valence-corrected chi connectivity index (χ1v) is 24.9. The lowest BCUT2D eigenvalue weighted by atomic mass is 9.99. The molecule has 70 heavy (non-hydrogen) atoms. The fourth-order valence-electron chi connectivity index (χ4n) is 8.09. The minimum Gasteiger partial charge on any atom is -0.370 e. The zero-order chi connectivity index (χ0) is 49.9. The van der Waals surface area contributed by atoms with E-state index in [9.17, 15) is 38.4 Å². The molecule has 7 unspecified atom stereocenters. The molecule has 2 aliphatic rings. The molecule has 9 amide bonds. The number of aromatic nitrogens is 3. The molecule has 2 bridgehead atoms. The number of primary amides is 1. The molecule has 7 rings (SSSR count). The number of guanidine groups is 1. The number of amides is 9. The van der Waals surface area contributed by atoms with Crippen molar-refractivity contribution in [3.05, 3.63) is 102 Å². The molecule has 3 aromatic carbocycles. The lowest BCUT2D eigenvalue weighted by Gasteiger charge is -2.28. The molecular weight excluding hydrogens is 941 g/mol. The molecule has 2 saturated heterocycles. The number of nitrogens with zero attached hydrogens (tertiary/aromatic N) is 3. The van der Waals surface area contributed by atoms with Gasteiger partial charge in [-0.25, -0.2) is 9.78 Å². The SMILES string of the molecule is CC1C(=O)NC(Cc2cnc[nH]2)C(=O)NC(Cc2ccc3ccccc3c2)C(=O)NC(CCCN=C(N)N)C(=O)NC(Cc2c[nH]c3ccccc23)C(=O)NC(C(N)=O)CSSCC2NC(=O)N1C2=O. The van der Waals surface area contributed by atoms with Crippen LogP contribution in [-0.2, 0) is 52.8 Å². The number of imide groups is 1. The number of rotatable bonds is 11. The monoisotopic (exact) mass is 994 g/mol. The maximum absolute atomic E-state index is 14.8. The summed E-state index contributed by atoms with van der Waals surface area (Å²) in [6.07, 6.45) is 4.39. The summed E-state index contributed by atoms with van der Waals surface area (Å²) in [4.78, 5) is 127. The second-order valence-electron chi connectivity index (χ2n) is 16.8. The van der Waals surface area contributed by atoms with Crippen molar-refractivity contribution in [1.29, 1.82) is 0 Å². The Kier molecular flexibility index (Phi) is 16.6. The molecule has 7 atom stereocenters. The summed E-state index contributed by atoms with van der Waals surface area (Å²) in [7, 11) is 2.21. The summed E-state index contributed by atoms with van der Waals surface area (Å²) in [6.45, 7) is 1.41. The minimum absolute atomic E-state index is 0.00774.